The zero-order valence-electron chi connectivity index (χ0n) is 9.85. The van der Waals surface area contributed by atoms with Gasteiger partial charge in [-0.05, 0) is 48.6 Å². The maximum absolute atomic E-state index is 11.8. The molecule has 1 heterocycles. The molecule has 1 fully saturated rings. The average Bonchev–Trinajstić information content (AvgIpc) is 2.40. The molecule has 0 unspecified atom stereocenters. The topological polar surface area (TPSA) is 35.5 Å². The van der Waals surface area contributed by atoms with E-state index in [1.165, 1.54) is 0 Å². The molecule has 0 amide bonds. The molecule has 0 spiro atoms. The van der Waals surface area contributed by atoms with Crippen LogP contribution in [0.4, 0.5) is 0 Å². The lowest BCUT2D eigenvalue weighted by molar-refractivity contribution is 0.0284. The molecule has 1 aromatic rings. The zero-order valence-corrected chi connectivity index (χ0v) is 10.7. The molecular weight excluding hydrogens is 236 g/mol. The molecule has 92 valence electrons. The van der Waals surface area contributed by atoms with Crippen molar-refractivity contribution >= 4 is 17.7 Å². The minimum absolute atomic E-state index is 0.0888. The van der Waals surface area contributed by atoms with Gasteiger partial charge in [-0.25, -0.2) is 4.79 Å². The normalized spacial score (nSPS) is 16.5. The minimum atomic E-state index is -0.232. The van der Waals surface area contributed by atoms with Crippen LogP contribution in [0, 0.1) is 0 Å². The zero-order chi connectivity index (χ0) is 12.1. The van der Waals surface area contributed by atoms with E-state index < -0.39 is 0 Å². The van der Waals surface area contributed by atoms with Crippen LogP contribution in [0.5, 0.6) is 5.75 Å². The lowest BCUT2D eigenvalue weighted by atomic mass is 10.2. The molecule has 1 aromatic carbocycles. The molecular formula is C13H16O3S. The van der Waals surface area contributed by atoms with E-state index in [-0.39, 0.29) is 12.1 Å². The Morgan fingerprint density at radius 1 is 1.24 bits per heavy atom. The third-order valence-corrected chi connectivity index (χ3v) is 3.82. The fourth-order valence-electron chi connectivity index (χ4n) is 1.74. The van der Waals surface area contributed by atoms with Crippen molar-refractivity contribution in [2.45, 2.75) is 18.9 Å². The van der Waals surface area contributed by atoms with Gasteiger partial charge in [-0.15, -0.1) is 0 Å². The number of thioether (sulfide) groups is 1. The average molecular weight is 252 g/mol. The summed E-state index contributed by atoms with van der Waals surface area (Å²) in [5.41, 5.74) is 0.587. The number of rotatable bonds is 3. The van der Waals surface area contributed by atoms with Crippen LogP contribution in [-0.4, -0.2) is 30.7 Å². The molecule has 2 rings (SSSR count). The quantitative estimate of drug-likeness (QED) is 0.775. The highest BCUT2D eigenvalue weighted by Gasteiger charge is 2.18. The number of hydrogen-bond acceptors (Lipinski definition) is 4. The molecule has 0 aliphatic carbocycles. The lowest BCUT2D eigenvalue weighted by Gasteiger charge is -2.21. The van der Waals surface area contributed by atoms with Gasteiger partial charge in [-0.1, -0.05) is 0 Å². The molecule has 1 saturated heterocycles. The lowest BCUT2D eigenvalue weighted by Crippen LogP contribution is -2.22. The number of benzene rings is 1. The standard InChI is InChI=1S/C13H16O3S/c1-15-11-4-2-10(3-5-11)13(14)16-12-6-8-17-9-7-12/h2-5,12H,6-9H2,1H3. The second-order valence-corrected chi connectivity index (χ2v) is 5.17. The van der Waals surface area contributed by atoms with E-state index in [1.807, 2.05) is 11.8 Å². The smallest absolute Gasteiger partial charge is 0.338 e. The van der Waals surface area contributed by atoms with Crippen LogP contribution >= 0.6 is 11.8 Å². The predicted molar refractivity (Wildman–Crippen MR) is 68.8 cm³/mol. The molecule has 0 N–H and O–H groups in total. The Hall–Kier alpha value is -1.16. The Morgan fingerprint density at radius 2 is 1.88 bits per heavy atom. The van der Waals surface area contributed by atoms with E-state index in [9.17, 15) is 4.79 Å². The molecule has 4 heteroatoms. The van der Waals surface area contributed by atoms with E-state index in [4.69, 9.17) is 9.47 Å². The van der Waals surface area contributed by atoms with Gasteiger partial charge in [0.15, 0.2) is 0 Å². The van der Waals surface area contributed by atoms with E-state index >= 15 is 0 Å². The number of carbonyl (C=O) groups is 1. The van der Waals surface area contributed by atoms with E-state index in [1.54, 1.807) is 31.4 Å². The first kappa shape index (κ1) is 12.3. The third-order valence-electron chi connectivity index (χ3n) is 2.77. The monoisotopic (exact) mass is 252 g/mol. The van der Waals surface area contributed by atoms with Gasteiger partial charge in [0.25, 0.3) is 0 Å². The number of carbonyl (C=O) groups excluding carboxylic acids is 1. The van der Waals surface area contributed by atoms with E-state index in [0.717, 1.165) is 30.1 Å². The van der Waals surface area contributed by atoms with Crippen LogP contribution in [0.1, 0.15) is 23.2 Å². The molecule has 0 saturated carbocycles. The molecule has 0 bridgehead atoms. The van der Waals surface area contributed by atoms with Crippen molar-refractivity contribution in [1.29, 1.82) is 0 Å². The fraction of sp³-hybridized carbons (Fsp3) is 0.462. The Morgan fingerprint density at radius 3 is 2.47 bits per heavy atom. The summed E-state index contributed by atoms with van der Waals surface area (Å²) in [4.78, 5) is 11.8. The Balaban J connectivity index is 1.93. The van der Waals surface area contributed by atoms with Gasteiger partial charge in [0.1, 0.15) is 11.9 Å². The van der Waals surface area contributed by atoms with Crippen molar-refractivity contribution in [3.8, 4) is 5.75 Å². The minimum Gasteiger partial charge on any atom is -0.497 e. The van der Waals surface area contributed by atoms with Crippen molar-refractivity contribution in [1.82, 2.24) is 0 Å². The second kappa shape index (κ2) is 5.96. The van der Waals surface area contributed by atoms with Gasteiger partial charge in [0.05, 0.1) is 12.7 Å². The summed E-state index contributed by atoms with van der Waals surface area (Å²) in [6.45, 7) is 0. The third kappa shape index (κ3) is 3.40. The van der Waals surface area contributed by atoms with Gasteiger partial charge < -0.3 is 9.47 Å². The van der Waals surface area contributed by atoms with Gasteiger partial charge in [0.2, 0.25) is 0 Å². The molecule has 1 aliphatic heterocycles. The highest BCUT2D eigenvalue weighted by molar-refractivity contribution is 7.99. The first-order valence-electron chi connectivity index (χ1n) is 5.72. The number of esters is 1. The summed E-state index contributed by atoms with van der Waals surface area (Å²) in [6, 6.07) is 7.01. The van der Waals surface area contributed by atoms with Crippen molar-refractivity contribution in [2.24, 2.45) is 0 Å². The second-order valence-electron chi connectivity index (χ2n) is 3.95. The van der Waals surface area contributed by atoms with Crippen molar-refractivity contribution in [3.63, 3.8) is 0 Å². The maximum Gasteiger partial charge on any atom is 0.338 e. The molecule has 0 atom stereocenters. The van der Waals surface area contributed by atoms with Crippen LogP contribution in [-0.2, 0) is 4.74 Å². The fourth-order valence-corrected chi connectivity index (χ4v) is 2.80. The van der Waals surface area contributed by atoms with Crippen molar-refractivity contribution in [3.05, 3.63) is 29.8 Å². The Labute approximate surface area is 105 Å². The van der Waals surface area contributed by atoms with Gasteiger partial charge >= 0.3 is 5.97 Å². The van der Waals surface area contributed by atoms with Gasteiger partial charge in [-0.3, -0.25) is 0 Å². The van der Waals surface area contributed by atoms with E-state index in [2.05, 4.69) is 0 Å². The van der Waals surface area contributed by atoms with Crippen LogP contribution in [0.25, 0.3) is 0 Å². The first-order valence-corrected chi connectivity index (χ1v) is 6.88. The number of hydrogen-bond donors (Lipinski definition) is 0. The maximum atomic E-state index is 11.8. The number of ether oxygens (including phenoxy) is 2. The molecule has 0 aromatic heterocycles. The summed E-state index contributed by atoms with van der Waals surface area (Å²) in [7, 11) is 1.60. The molecule has 0 radical (unpaired) electrons. The highest BCUT2D eigenvalue weighted by atomic mass is 32.2. The summed E-state index contributed by atoms with van der Waals surface area (Å²) < 4.78 is 10.5. The number of methoxy groups -OCH3 is 1. The van der Waals surface area contributed by atoms with Crippen LogP contribution in [0.2, 0.25) is 0 Å². The molecule has 1 aliphatic rings. The van der Waals surface area contributed by atoms with Crippen molar-refractivity contribution in [2.75, 3.05) is 18.6 Å². The summed E-state index contributed by atoms with van der Waals surface area (Å²) in [5.74, 6) is 2.68. The largest absolute Gasteiger partial charge is 0.497 e. The van der Waals surface area contributed by atoms with Crippen LogP contribution in [0.15, 0.2) is 24.3 Å². The summed E-state index contributed by atoms with van der Waals surface area (Å²) in [6.07, 6.45) is 2.02. The highest BCUT2D eigenvalue weighted by Crippen LogP contribution is 2.21. The SMILES string of the molecule is COc1ccc(C(=O)OC2CCSCC2)cc1. The predicted octanol–water partition coefficient (Wildman–Crippen LogP) is 2.75. The van der Waals surface area contributed by atoms with Crippen LogP contribution in [0.3, 0.4) is 0 Å². The Bertz CT molecular complexity index is 369. The van der Waals surface area contributed by atoms with Crippen molar-refractivity contribution < 1.29 is 14.3 Å². The molecule has 3 nitrogen and oxygen atoms in total. The first-order chi connectivity index (χ1) is 8.29. The molecule has 17 heavy (non-hydrogen) atoms. The van der Waals surface area contributed by atoms with E-state index in [0.29, 0.717) is 5.56 Å². The summed E-state index contributed by atoms with van der Waals surface area (Å²) in [5, 5.41) is 0. The van der Waals surface area contributed by atoms with Gasteiger partial charge in [0, 0.05) is 0 Å². The summed E-state index contributed by atoms with van der Waals surface area (Å²) >= 11 is 1.92. The Kier molecular flexibility index (Phi) is 4.31. The van der Waals surface area contributed by atoms with Gasteiger partial charge in [-0.2, -0.15) is 11.8 Å². The van der Waals surface area contributed by atoms with Crippen LogP contribution < -0.4 is 4.74 Å².